The van der Waals surface area contributed by atoms with Crippen LogP contribution in [-0.2, 0) is 6.54 Å². The molecule has 0 unspecified atom stereocenters. The highest BCUT2D eigenvalue weighted by Crippen LogP contribution is 2.34. The topological polar surface area (TPSA) is 85.1 Å². The van der Waals surface area contributed by atoms with E-state index in [0.717, 1.165) is 21.1 Å². The van der Waals surface area contributed by atoms with Crippen LogP contribution >= 0.6 is 11.5 Å². The molecule has 0 aliphatic heterocycles. The monoisotopic (exact) mass is 421 g/mol. The third kappa shape index (κ3) is 3.34. The zero-order chi connectivity index (χ0) is 20.5. The van der Waals surface area contributed by atoms with Crippen LogP contribution in [0.1, 0.15) is 0 Å². The van der Waals surface area contributed by atoms with Crippen LogP contribution in [-0.4, -0.2) is 30.6 Å². The van der Waals surface area contributed by atoms with Crippen molar-refractivity contribution in [3.63, 3.8) is 0 Å². The van der Waals surface area contributed by atoms with Gasteiger partial charge in [-0.15, -0.1) is 0 Å². The zero-order valence-electron chi connectivity index (χ0n) is 15.6. The van der Waals surface area contributed by atoms with Crippen molar-refractivity contribution >= 4 is 44.2 Å². The lowest BCUT2D eigenvalue weighted by atomic mass is 10.2. The SMILES string of the molecule is OCCn1ccc2ncnc(Nc3ccc(Oc4cccc5sncc45)c(F)c3)c21. The van der Waals surface area contributed by atoms with Gasteiger partial charge in [-0.3, -0.25) is 0 Å². The molecule has 0 atom stereocenters. The fourth-order valence-electron chi connectivity index (χ4n) is 3.29. The predicted molar refractivity (Wildman–Crippen MR) is 114 cm³/mol. The van der Waals surface area contributed by atoms with E-state index in [9.17, 15) is 9.50 Å². The molecule has 3 heterocycles. The summed E-state index contributed by atoms with van der Waals surface area (Å²) in [6, 6.07) is 12.1. The Morgan fingerprint density at radius 1 is 1.13 bits per heavy atom. The van der Waals surface area contributed by atoms with Gasteiger partial charge in [-0.05, 0) is 41.9 Å². The van der Waals surface area contributed by atoms with E-state index in [1.807, 2.05) is 29.0 Å². The molecule has 7 nitrogen and oxygen atoms in total. The predicted octanol–water partition coefficient (Wildman–Crippen LogP) is 4.71. The van der Waals surface area contributed by atoms with Crippen LogP contribution < -0.4 is 10.1 Å². The van der Waals surface area contributed by atoms with Gasteiger partial charge in [-0.2, -0.15) is 4.37 Å². The molecule has 3 aromatic heterocycles. The van der Waals surface area contributed by atoms with E-state index in [4.69, 9.17) is 4.74 Å². The number of fused-ring (bicyclic) bond motifs is 2. The van der Waals surface area contributed by atoms with Crippen molar-refractivity contribution < 1.29 is 14.2 Å². The minimum Gasteiger partial charge on any atom is -0.454 e. The molecule has 0 aliphatic rings. The molecule has 0 saturated heterocycles. The summed E-state index contributed by atoms with van der Waals surface area (Å²) in [5, 5.41) is 13.2. The van der Waals surface area contributed by atoms with E-state index in [1.165, 1.54) is 23.9 Å². The second-order valence-electron chi connectivity index (χ2n) is 6.55. The van der Waals surface area contributed by atoms with Gasteiger partial charge in [-0.25, -0.2) is 14.4 Å². The summed E-state index contributed by atoms with van der Waals surface area (Å²) >= 11 is 1.36. The number of anilines is 2. The quantitative estimate of drug-likeness (QED) is 0.413. The van der Waals surface area contributed by atoms with Crippen molar-refractivity contribution in [1.29, 1.82) is 0 Å². The van der Waals surface area contributed by atoms with Crippen molar-refractivity contribution in [2.75, 3.05) is 11.9 Å². The molecular weight excluding hydrogens is 405 g/mol. The number of nitrogens with zero attached hydrogens (tertiary/aromatic N) is 4. The molecule has 2 aromatic carbocycles. The van der Waals surface area contributed by atoms with E-state index in [0.29, 0.717) is 23.8 Å². The minimum atomic E-state index is -0.503. The van der Waals surface area contributed by atoms with Gasteiger partial charge in [0.1, 0.15) is 17.6 Å². The van der Waals surface area contributed by atoms with Crippen molar-refractivity contribution in [2.45, 2.75) is 6.54 Å². The Balaban J connectivity index is 1.44. The van der Waals surface area contributed by atoms with Crippen LogP contribution in [0.5, 0.6) is 11.5 Å². The first kappa shape index (κ1) is 18.5. The number of halogens is 1. The molecule has 5 aromatic rings. The normalized spacial score (nSPS) is 11.3. The molecule has 0 bridgehead atoms. The summed E-state index contributed by atoms with van der Waals surface area (Å²) in [6.07, 6.45) is 4.99. The Hall–Kier alpha value is -3.56. The van der Waals surface area contributed by atoms with Crippen LogP contribution in [0.25, 0.3) is 21.1 Å². The largest absolute Gasteiger partial charge is 0.454 e. The number of benzene rings is 2. The number of hydrogen-bond acceptors (Lipinski definition) is 7. The number of rotatable bonds is 6. The first-order valence-electron chi connectivity index (χ1n) is 9.21. The van der Waals surface area contributed by atoms with Crippen LogP contribution in [0.2, 0.25) is 0 Å². The van der Waals surface area contributed by atoms with Gasteiger partial charge in [0.25, 0.3) is 0 Å². The second-order valence-corrected chi connectivity index (χ2v) is 7.39. The smallest absolute Gasteiger partial charge is 0.167 e. The summed E-state index contributed by atoms with van der Waals surface area (Å²) in [7, 11) is 0. The molecular formula is C21H16FN5O2S. The van der Waals surface area contributed by atoms with Crippen LogP contribution in [0.4, 0.5) is 15.9 Å². The maximum Gasteiger partial charge on any atom is 0.167 e. The van der Waals surface area contributed by atoms with Gasteiger partial charge in [-0.1, -0.05) is 6.07 Å². The van der Waals surface area contributed by atoms with E-state index >= 15 is 0 Å². The highest BCUT2D eigenvalue weighted by molar-refractivity contribution is 7.13. The molecule has 0 fully saturated rings. The van der Waals surface area contributed by atoms with Crippen molar-refractivity contribution in [3.05, 3.63) is 67.0 Å². The third-order valence-corrected chi connectivity index (χ3v) is 5.43. The molecule has 0 saturated carbocycles. The Morgan fingerprint density at radius 2 is 2.07 bits per heavy atom. The van der Waals surface area contributed by atoms with Crippen molar-refractivity contribution in [1.82, 2.24) is 18.9 Å². The van der Waals surface area contributed by atoms with Gasteiger partial charge in [0.05, 0.1) is 28.4 Å². The summed E-state index contributed by atoms with van der Waals surface area (Å²) in [6.45, 7) is 0.404. The van der Waals surface area contributed by atoms with E-state index in [2.05, 4.69) is 19.7 Å². The summed E-state index contributed by atoms with van der Waals surface area (Å²) in [5.41, 5.74) is 2.00. The number of ether oxygens (including phenoxy) is 1. The first-order valence-corrected chi connectivity index (χ1v) is 9.99. The summed E-state index contributed by atoms with van der Waals surface area (Å²) < 4.78 is 27.6. The molecule has 0 spiro atoms. The van der Waals surface area contributed by atoms with Crippen molar-refractivity contribution in [2.24, 2.45) is 0 Å². The number of aliphatic hydroxyl groups is 1. The van der Waals surface area contributed by atoms with Gasteiger partial charge >= 0.3 is 0 Å². The summed E-state index contributed by atoms with van der Waals surface area (Å²) in [5.74, 6) is 0.702. The fraction of sp³-hybridized carbons (Fsp3) is 0.0952. The lowest BCUT2D eigenvalue weighted by Gasteiger charge is -2.12. The molecule has 150 valence electrons. The summed E-state index contributed by atoms with van der Waals surface area (Å²) in [4.78, 5) is 8.51. The Kier molecular flexibility index (Phi) is 4.74. The van der Waals surface area contributed by atoms with Gasteiger partial charge in [0, 0.05) is 24.5 Å². The van der Waals surface area contributed by atoms with Gasteiger partial charge < -0.3 is 19.7 Å². The Bertz CT molecular complexity index is 1350. The Labute approximate surface area is 174 Å². The molecule has 5 rings (SSSR count). The molecule has 0 radical (unpaired) electrons. The van der Waals surface area contributed by atoms with Gasteiger partial charge in [0.15, 0.2) is 17.4 Å². The maximum absolute atomic E-state index is 14.8. The van der Waals surface area contributed by atoms with Crippen LogP contribution in [0, 0.1) is 5.82 Å². The Morgan fingerprint density at radius 3 is 2.93 bits per heavy atom. The second kappa shape index (κ2) is 7.69. The first-order chi connectivity index (χ1) is 14.7. The molecule has 9 heteroatoms. The number of aliphatic hydroxyl groups excluding tert-OH is 1. The highest BCUT2D eigenvalue weighted by Gasteiger charge is 2.13. The third-order valence-electron chi connectivity index (χ3n) is 4.66. The van der Waals surface area contributed by atoms with E-state index in [1.54, 1.807) is 24.4 Å². The zero-order valence-corrected chi connectivity index (χ0v) is 16.4. The van der Waals surface area contributed by atoms with Crippen LogP contribution in [0.3, 0.4) is 0 Å². The maximum atomic E-state index is 14.8. The average Bonchev–Trinajstić information content (AvgIpc) is 3.39. The highest BCUT2D eigenvalue weighted by atomic mass is 32.1. The number of hydrogen-bond donors (Lipinski definition) is 2. The fourth-order valence-corrected chi connectivity index (χ4v) is 3.95. The molecule has 0 aliphatic carbocycles. The van der Waals surface area contributed by atoms with E-state index in [-0.39, 0.29) is 12.4 Å². The minimum absolute atomic E-state index is 0.00875. The average molecular weight is 421 g/mol. The molecule has 0 amide bonds. The molecule has 30 heavy (non-hydrogen) atoms. The van der Waals surface area contributed by atoms with Crippen molar-refractivity contribution in [3.8, 4) is 11.5 Å². The van der Waals surface area contributed by atoms with Gasteiger partial charge in [0.2, 0.25) is 0 Å². The number of aromatic nitrogens is 4. The standard InChI is InChI=1S/C21H16FN5O2S/c22-15-10-13(26-21-20-16(23-12-24-21)6-7-27(20)8-9-28)4-5-18(15)29-17-2-1-3-19-14(17)11-25-30-19/h1-7,10-12,28H,8-9H2,(H,23,24,26). The van der Waals surface area contributed by atoms with Crippen LogP contribution in [0.15, 0.2) is 61.2 Å². The number of nitrogens with one attached hydrogen (secondary N) is 1. The molecule has 2 N–H and O–H groups in total. The lowest BCUT2D eigenvalue weighted by Crippen LogP contribution is -2.04. The van der Waals surface area contributed by atoms with E-state index < -0.39 is 5.82 Å². The lowest BCUT2D eigenvalue weighted by molar-refractivity contribution is 0.278.